The molecule has 0 aromatic heterocycles. The molecule has 2 N–H and O–H groups in total. The summed E-state index contributed by atoms with van der Waals surface area (Å²) in [4.78, 5) is 22.8. The molecule has 0 aliphatic heterocycles. The van der Waals surface area contributed by atoms with Crippen LogP contribution in [0.15, 0.2) is 260 Å². The van der Waals surface area contributed by atoms with Crippen LogP contribution in [0.3, 0.4) is 0 Å². The largest absolute Gasteiger partial charge is 0.0622 e. The standard InChI is InChI=1S/C29H38O2.C22H29F3O5S.2C18H15P.C8H11BO2.2ClH.Pd/c1-18-14-19(2)16-21(15-18)25-8-9-26-24-7-6-22-17-23(31-20(3)30)10-12-28(22,4)27(24)11-13-29(25,26)5;1-13(26)29-15-8-10-20(2)14(12-15)4-5-16-17-6-7-19(21(17,3)11-9-18(16)20)30-31(27,28)22(23,24)25;2*1-4-10-16(11-5-1)19(17-12-6-2-7-13-17)18-14-8-3-9-15-18;1-6-3-7(2)5-8(4-6)9(10)11;;;/h6,8,14-16,23-24,26-27H,7,9-13,17H2,1-5H3;4,7,15-18H,5-6,8-12H2,1-3H3;2*1-15H;3-5,10-11H,1-2H3;2*1H;/q;;;;;;;+2/p-2/t23-,24-,26-,27-,28-,29+;15-,16-,17-,18-,20-,21-;;;;;;/m00....../s1. The summed E-state index contributed by atoms with van der Waals surface area (Å²) >= 11 is -0.106. The van der Waals surface area contributed by atoms with E-state index >= 15 is 0 Å². The van der Waals surface area contributed by atoms with Gasteiger partial charge in [0.1, 0.15) is 18.0 Å². The van der Waals surface area contributed by atoms with Crippen LogP contribution in [-0.2, 0) is 49.3 Å². The van der Waals surface area contributed by atoms with E-state index in [0.29, 0.717) is 35.1 Å². The topological polar surface area (TPSA) is 136 Å². The van der Waals surface area contributed by atoms with Crippen molar-refractivity contribution in [2.24, 2.45) is 57.2 Å². The Morgan fingerprint density at radius 2 is 0.772 bits per heavy atom. The van der Waals surface area contributed by atoms with Gasteiger partial charge in [0.05, 0.1) is 0 Å². The number of ether oxygens (including phenoxy) is 2. The van der Waals surface area contributed by atoms with Crippen LogP contribution < -0.4 is 37.3 Å². The average Bonchev–Trinajstić information content (AvgIpc) is 1.43. The fourth-order valence-electron chi connectivity index (χ4n) is 20.4. The molecule has 8 aromatic carbocycles. The van der Waals surface area contributed by atoms with E-state index in [0.717, 1.165) is 73.8 Å². The number of fused-ring (bicyclic) bond motifs is 10. The van der Waals surface area contributed by atoms with Gasteiger partial charge in [-0.3, -0.25) is 9.59 Å². The van der Waals surface area contributed by atoms with Crippen molar-refractivity contribution in [2.75, 3.05) is 0 Å². The second-order valence-corrected chi connectivity index (χ2v) is 41.3. The van der Waals surface area contributed by atoms with Crippen LogP contribution in [0, 0.1) is 84.9 Å². The zero-order chi connectivity index (χ0) is 81.8. The molecule has 8 aliphatic rings. The van der Waals surface area contributed by atoms with Crippen LogP contribution in [-0.4, -0.2) is 55.2 Å². The monoisotopic (exact) mass is 1730 g/mol. The van der Waals surface area contributed by atoms with Crippen LogP contribution in [0.25, 0.3) is 5.57 Å². The van der Waals surface area contributed by atoms with Gasteiger partial charge in [0, 0.05) is 32.1 Å². The molecular formula is C95H108BCl2F3O9P2PdS. The number of aryl methyl sites for hydroxylation is 4. The first-order valence-electron chi connectivity index (χ1n) is 39.8. The minimum atomic E-state index is -5.67. The first-order chi connectivity index (χ1) is 54.4. The Balaban J connectivity index is 0.000000144. The van der Waals surface area contributed by atoms with Gasteiger partial charge in [-0.05, 0) is 227 Å². The van der Waals surface area contributed by atoms with Crippen LogP contribution in [0.4, 0.5) is 13.2 Å². The molecule has 0 saturated heterocycles. The van der Waals surface area contributed by atoms with Gasteiger partial charge in [-0.1, -0.05) is 298 Å². The van der Waals surface area contributed by atoms with Crippen LogP contribution in [0.2, 0.25) is 0 Å². The summed E-state index contributed by atoms with van der Waals surface area (Å²) in [6.45, 7) is 20.5. The van der Waals surface area contributed by atoms with E-state index in [1.54, 1.807) is 36.3 Å². The predicted octanol–water partition coefficient (Wildman–Crippen LogP) is 20.7. The number of benzene rings is 8. The molecule has 0 radical (unpaired) electrons. The quantitative estimate of drug-likeness (QED) is 0.0306. The second-order valence-electron chi connectivity index (χ2n) is 32.9. The van der Waals surface area contributed by atoms with E-state index in [1.807, 2.05) is 26.8 Å². The van der Waals surface area contributed by atoms with E-state index in [2.05, 4.69) is 257 Å². The fraction of sp³-hybridized carbons (Fsp3) is 0.389. The summed E-state index contributed by atoms with van der Waals surface area (Å²) in [7, 11) is 1.71. The van der Waals surface area contributed by atoms with Gasteiger partial charge in [0.25, 0.3) is 0 Å². The molecular weight excluding hydrogens is 1620 g/mol. The van der Waals surface area contributed by atoms with Crippen LogP contribution >= 0.6 is 34.9 Å². The number of hydrogen-bond donors (Lipinski definition) is 2. The summed E-state index contributed by atoms with van der Waals surface area (Å²) < 4.78 is 77.5. The molecule has 16 rings (SSSR count). The molecule has 606 valence electrons. The average molecular weight is 1730 g/mol. The van der Waals surface area contributed by atoms with Gasteiger partial charge in [0.2, 0.25) is 0 Å². The van der Waals surface area contributed by atoms with Crippen molar-refractivity contribution in [2.45, 2.75) is 177 Å². The van der Waals surface area contributed by atoms with Gasteiger partial charge in [-0.25, -0.2) is 0 Å². The number of alkyl halides is 3. The third kappa shape index (κ3) is 20.7. The normalized spacial score (nSPS) is 26.2. The number of allylic oxidation sites excluding steroid dienone is 6. The number of rotatable bonds is 12. The Morgan fingerprint density at radius 3 is 1.11 bits per heavy atom. The number of carbonyl (C=O) groups is 2. The fourth-order valence-corrected chi connectivity index (χ4v) is 25.6. The predicted molar refractivity (Wildman–Crippen MR) is 461 cm³/mol. The molecule has 0 spiro atoms. The SMILES string of the molecule is CC(=O)O[C@H]1CC[C@@]2(C)C(=CC[C@@H]3[C@@H]2CC[C@]2(C)C(OS(=O)(=O)C(F)(F)F)=CC[C@@H]32)C1.CC(=O)O[C@H]1CC[C@@]2(C)C(=CC[C@@H]3[C@@H]2CC[C@]2(C)C(c4cc(C)cc(C)c4)=CC[C@@H]32)C1.Cc1cc(C)cc(B(O)O)c1.[Cl][Pd][Cl].c1ccc(P(c2ccccc2)c2ccccc2)cc1.c1ccc(P(c2ccccc2)c2ccccc2)cc1. The van der Waals surface area contributed by atoms with Crippen molar-refractivity contribution in [3.63, 3.8) is 0 Å². The maximum Gasteiger partial charge on any atom is -0.0134 e. The maximum atomic E-state index is 12.9. The minimum absolute atomic E-state index is 0.0252. The Morgan fingerprint density at radius 1 is 0.456 bits per heavy atom. The van der Waals surface area contributed by atoms with Gasteiger partial charge in [-0.2, -0.15) is 21.6 Å². The van der Waals surface area contributed by atoms with Gasteiger partial charge >= 0.3 is 69.7 Å². The molecule has 19 heteroatoms. The zero-order valence-corrected chi connectivity index (χ0v) is 72.6. The van der Waals surface area contributed by atoms with E-state index in [9.17, 15) is 31.2 Å². The summed E-state index contributed by atoms with van der Waals surface area (Å²) in [6, 6.07) is 77.3. The number of halogens is 5. The van der Waals surface area contributed by atoms with E-state index < -0.39 is 44.0 Å². The molecule has 4 fully saturated rings. The third-order valence-corrected chi connectivity index (χ3v) is 31.4. The molecule has 0 heterocycles. The Hall–Kier alpha value is -6.71. The number of esters is 2. The molecule has 8 aliphatic carbocycles. The molecule has 9 nitrogen and oxygen atoms in total. The minimum Gasteiger partial charge on any atom is -0.0622 e. The Labute approximate surface area is 694 Å². The third-order valence-electron chi connectivity index (χ3n) is 25.5. The molecule has 4 saturated carbocycles. The summed E-state index contributed by atoms with van der Waals surface area (Å²) in [6.07, 6.45) is 22.3. The van der Waals surface area contributed by atoms with Crippen molar-refractivity contribution in [1.82, 2.24) is 0 Å². The number of hydrogen-bond acceptors (Lipinski definition) is 9. The molecule has 114 heavy (non-hydrogen) atoms. The van der Waals surface area contributed by atoms with Crippen molar-refractivity contribution in [1.29, 1.82) is 0 Å². The molecule has 8 aromatic rings. The van der Waals surface area contributed by atoms with Gasteiger partial charge in [-0.15, -0.1) is 0 Å². The first kappa shape index (κ1) is 88.1. The first-order valence-corrected chi connectivity index (χ1v) is 47.9. The summed E-state index contributed by atoms with van der Waals surface area (Å²) in [5, 5.41) is 26.0. The van der Waals surface area contributed by atoms with Gasteiger partial charge in [0.15, 0.2) is 0 Å². The van der Waals surface area contributed by atoms with Gasteiger partial charge < -0.3 is 23.7 Å². The number of carbonyl (C=O) groups excluding carboxylic acids is 2. The van der Waals surface area contributed by atoms with E-state index in [4.69, 9.17) is 38.6 Å². The van der Waals surface area contributed by atoms with Crippen LogP contribution in [0.5, 0.6) is 0 Å². The van der Waals surface area contributed by atoms with Crippen molar-refractivity contribution < 1.29 is 70.8 Å². The van der Waals surface area contributed by atoms with E-state index in [-0.39, 0.29) is 63.1 Å². The Bertz CT molecular complexity index is 4470. The molecule has 0 unspecified atom stereocenters. The second kappa shape index (κ2) is 38.8. The van der Waals surface area contributed by atoms with Crippen molar-refractivity contribution in [3.05, 3.63) is 287 Å². The van der Waals surface area contributed by atoms with Crippen molar-refractivity contribution in [3.8, 4) is 0 Å². The van der Waals surface area contributed by atoms with Crippen molar-refractivity contribution >= 4 is 107 Å². The maximum absolute atomic E-state index is 12.9. The summed E-state index contributed by atoms with van der Waals surface area (Å²) in [5.41, 5.74) is 5.80. The van der Waals surface area contributed by atoms with Crippen LogP contribution in [0.1, 0.15) is 159 Å². The summed E-state index contributed by atoms with van der Waals surface area (Å²) in [5.74, 6) is 2.52. The Kier molecular flexibility index (Phi) is 30.0. The molecule has 0 bridgehead atoms. The molecule has 12 atom stereocenters. The van der Waals surface area contributed by atoms with E-state index in [1.165, 1.54) is 93.1 Å². The molecule has 0 amide bonds. The smallest absolute Gasteiger partial charge is 0.0134 e. The zero-order valence-electron chi connectivity index (χ0n) is 67.0.